The number of carbonyl (C=O) groups excluding carboxylic acids is 2. The third-order valence-corrected chi connectivity index (χ3v) is 3.59. The van der Waals surface area contributed by atoms with Gasteiger partial charge in [-0.25, -0.2) is 0 Å². The molecule has 1 saturated heterocycles. The van der Waals surface area contributed by atoms with Crippen LogP contribution in [0.1, 0.15) is 29.6 Å². The molecule has 1 fully saturated rings. The van der Waals surface area contributed by atoms with E-state index >= 15 is 0 Å². The van der Waals surface area contributed by atoms with Gasteiger partial charge in [0.1, 0.15) is 0 Å². The second-order valence-electron chi connectivity index (χ2n) is 5.12. The number of nitrogens with one attached hydrogen (secondary N) is 1. The van der Waals surface area contributed by atoms with Crippen LogP contribution in [0.5, 0.6) is 0 Å². The number of hydrogen-bond acceptors (Lipinski definition) is 4. The van der Waals surface area contributed by atoms with E-state index in [1.165, 1.54) is 0 Å². The van der Waals surface area contributed by atoms with Crippen LogP contribution in [-0.2, 0) is 9.53 Å². The minimum atomic E-state index is 0.00672. The van der Waals surface area contributed by atoms with Crippen molar-refractivity contribution in [2.24, 2.45) is 0 Å². The Kier molecular flexibility index (Phi) is 5.68. The number of amides is 2. The molecule has 114 valence electrons. The maximum Gasteiger partial charge on any atom is 0.255 e. The first-order chi connectivity index (χ1) is 10.2. The van der Waals surface area contributed by atoms with E-state index in [0.29, 0.717) is 31.7 Å². The SMILES string of the molecule is COCCC(=O)NC1CCN(C(=O)c2cccnc2)CC1. The van der Waals surface area contributed by atoms with Gasteiger partial charge in [-0.2, -0.15) is 0 Å². The van der Waals surface area contributed by atoms with Crippen LogP contribution in [0.3, 0.4) is 0 Å². The average Bonchev–Trinajstić information content (AvgIpc) is 2.54. The second kappa shape index (κ2) is 7.73. The number of pyridine rings is 1. The van der Waals surface area contributed by atoms with E-state index < -0.39 is 0 Å². The summed E-state index contributed by atoms with van der Waals surface area (Å²) in [6.07, 6.45) is 5.18. The van der Waals surface area contributed by atoms with Crippen LogP contribution in [0.2, 0.25) is 0 Å². The van der Waals surface area contributed by atoms with Gasteiger partial charge in [0.2, 0.25) is 5.91 Å². The molecule has 0 aliphatic carbocycles. The first kappa shape index (κ1) is 15.4. The van der Waals surface area contributed by atoms with Crippen molar-refractivity contribution < 1.29 is 14.3 Å². The molecule has 0 radical (unpaired) electrons. The van der Waals surface area contributed by atoms with Crippen LogP contribution in [0.25, 0.3) is 0 Å². The second-order valence-corrected chi connectivity index (χ2v) is 5.12. The van der Waals surface area contributed by atoms with Crippen molar-refractivity contribution in [1.29, 1.82) is 0 Å². The molecule has 1 aliphatic rings. The summed E-state index contributed by atoms with van der Waals surface area (Å²) in [5.74, 6) is 0.0149. The largest absolute Gasteiger partial charge is 0.384 e. The third-order valence-electron chi connectivity index (χ3n) is 3.59. The minimum Gasteiger partial charge on any atom is -0.384 e. The highest BCUT2D eigenvalue weighted by molar-refractivity contribution is 5.93. The molecule has 1 aliphatic heterocycles. The summed E-state index contributed by atoms with van der Waals surface area (Å²) in [7, 11) is 1.58. The summed E-state index contributed by atoms with van der Waals surface area (Å²) < 4.78 is 4.88. The molecule has 0 aromatic carbocycles. The lowest BCUT2D eigenvalue weighted by atomic mass is 10.0. The molecule has 2 heterocycles. The molecule has 0 atom stereocenters. The number of carbonyl (C=O) groups is 2. The zero-order chi connectivity index (χ0) is 15.1. The molecular formula is C15H21N3O3. The van der Waals surface area contributed by atoms with Crippen molar-refractivity contribution in [3.63, 3.8) is 0 Å². The molecule has 0 bridgehead atoms. The average molecular weight is 291 g/mol. The predicted octanol–water partition coefficient (Wildman–Crippen LogP) is 0.839. The molecular weight excluding hydrogens is 270 g/mol. The quantitative estimate of drug-likeness (QED) is 0.872. The first-order valence-electron chi connectivity index (χ1n) is 7.18. The van der Waals surface area contributed by atoms with E-state index in [1.54, 1.807) is 31.6 Å². The molecule has 0 saturated carbocycles. The maximum absolute atomic E-state index is 12.3. The van der Waals surface area contributed by atoms with Crippen LogP contribution in [0.4, 0.5) is 0 Å². The van der Waals surface area contributed by atoms with Crippen LogP contribution in [0, 0.1) is 0 Å². The molecule has 6 heteroatoms. The van der Waals surface area contributed by atoms with Crippen molar-refractivity contribution in [1.82, 2.24) is 15.2 Å². The summed E-state index contributed by atoms with van der Waals surface area (Å²) in [5, 5.41) is 2.98. The van der Waals surface area contributed by atoms with Gasteiger partial charge in [-0.3, -0.25) is 14.6 Å². The number of methoxy groups -OCH3 is 1. The van der Waals surface area contributed by atoms with Gasteiger partial charge in [0, 0.05) is 45.1 Å². The molecule has 0 unspecified atom stereocenters. The number of hydrogen-bond donors (Lipinski definition) is 1. The summed E-state index contributed by atoms with van der Waals surface area (Å²) in [6.45, 7) is 1.75. The van der Waals surface area contributed by atoms with Gasteiger partial charge in [0.15, 0.2) is 0 Å². The predicted molar refractivity (Wildman–Crippen MR) is 77.8 cm³/mol. The highest BCUT2D eigenvalue weighted by Gasteiger charge is 2.24. The Morgan fingerprint density at radius 1 is 1.43 bits per heavy atom. The summed E-state index contributed by atoms with van der Waals surface area (Å²) in [5.41, 5.74) is 0.611. The van der Waals surface area contributed by atoms with Gasteiger partial charge in [0.05, 0.1) is 12.2 Å². The molecule has 6 nitrogen and oxygen atoms in total. The number of nitrogens with zero attached hydrogens (tertiary/aromatic N) is 2. The van der Waals surface area contributed by atoms with Crippen LogP contribution < -0.4 is 5.32 Å². The van der Waals surface area contributed by atoms with E-state index in [-0.39, 0.29) is 17.9 Å². The molecule has 1 aromatic rings. The summed E-state index contributed by atoms with van der Waals surface area (Å²) in [6, 6.07) is 3.68. The van der Waals surface area contributed by atoms with Crippen molar-refractivity contribution in [2.75, 3.05) is 26.8 Å². The highest BCUT2D eigenvalue weighted by Crippen LogP contribution is 2.13. The normalized spacial score (nSPS) is 15.8. The fraction of sp³-hybridized carbons (Fsp3) is 0.533. The lowest BCUT2D eigenvalue weighted by Crippen LogP contribution is -2.46. The van der Waals surface area contributed by atoms with Gasteiger partial charge < -0.3 is 15.0 Å². The molecule has 2 rings (SSSR count). The number of ether oxygens (including phenoxy) is 1. The maximum atomic E-state index is 12.3. The van der Waals surface area contributed by atoms with Gasteiger partial charge in [-0.1, -0.05) is 0 Å². The third kappa shape index (κ3) is 4.53. The number of piperidine rings is 1. The van der Waals surface area contributed by atoms with Gasteiger partial charge >= 0.3 is 0 Å². The summed E-state index contributed by atoms with van der Waals surface area (Å²) in [4.78, 5) is 29.7. The Hall–Kier alpha value is -1.95. The number of rotatable bonds is 5. The van der Waals surface area contributed by atoms with Crippen LogP contribution in [0.15, 0.2) is 24.5 Å². The van der Waals surface area contributed by atoms with Crippen LogP contribution >= 0.6 is 0 Å². The monoisotopic (exact) mass is 291 g/mol. The number of likely N-dealkylation sites (tertiary alicyclic amines) is 1. The Balaban J connectivity index is 1.78. The zero-order valence-electron chi connectivity index (χ0n) is 12.2. The molecule has 0 spiro atoms. The molecule has 1 aromatic heterocycles. The highest BCUT2D eigenvalue weighted by atomic mass is 16.5. The minimum absolute atomic E-state index is 0.00672. The van der Waals surface area contributed by atoms with E-state index in [4.69, 9.17) is 4.74 Å². The van der Waals surface area contributed by atoms with E-state index in [0.717, 1.165) is 12.8 Å². The smallest absolute Gasteiger partial charge is 0.255 e. The zero-order valence-corrected chi connectivity index (χ0v) is 12.2. The van der Waals surface area contributed by atoms with Gasteiger partial charge in [-0.05, 0) is 25.0 Å². The fourth-order valence-corrected chi connectivity index (χ4v) is 2.39. The molecule has 21 heavy (non-hydrogen) atoms. The topological polar surface area (TPSA) is 71.5 Å². The lowest BCUT2D eigenvalue weighted by molar-refractivity contribution is -0.122. The Morgan fingerprint density at radius 2 is 2.19 bits per heavy atom. The van der Waals surface area contributed by atoms with Crippen molar-refractivity contribution in [3.8, 4) is 0 Å². The van der Waals surface area contributed by atoms with Crippen molar-refractivity contribution in [2.45, 2.75) is 25.3 Å². The Morgan fingerprint density at radius 3 is 2.81 bits per heavy atom. The van der Waals surface area contributed by atoms with E-state index in [9.17, 15) is 9.59 Å². The fourth-order valence-electron chi connectivity index (χ4n) is 2.39. The van der Waals surface area contributed by atoms with E-state index in [1.807, 2.05) is 4.90 Å². The lowest BCUT2D eigenvalue weighted by Gasteiger charge is -2.32. The van der Waals surface area contributed by atoms with Gasteiger partial charge in [0.25, 0.3) is 5.91 Å². The standard InChI is InChI=1S/C15H21N3O3/c1-21-10-6-14(19)17-13-4-8-18(9-5-13)15(20)12-3-2-7-16-11-12/h2-3,7,11,13H,4-6,8-10H2,1H3,(H,17,19). The van der Waals surface area contributed by atoms with Crippen LogP contribution in [-0.4, -0.2) is 54.5 Å². The number of aromatic nitrogens is 1. The molecule has 1 N–H and O–H groups in total. The van der Waals surface area contributed by atoms with Crippen molar-refractivity contribution >= 4 is 11.8 Å². The van der Waals surface area contributed by atoms with Gasteiger partial charge in [-0.15, -0.1) is 0 Å². The first-order valence-corrected chi connectivity index (χ1v) is 7.18. The Labute approximate surface area is 124 Å². The molecule has 2 amide bonds. The van der Waals surface area contributed by atoms with E-state index in [2.05, 4.69) is 10.3 Å². The Bertz CT molecular complexity index is 470. The van der Waals surface area contributed by atoms with Crippen molar-refractivity contribution in [3.05, 3.63) is 30.1 Å². The summed E-state index contributed by atoms with van der Waals surface area (Å²) >= 11 is 0.